The van der Waals surface area contributed by atoms with Crippen LogP contribution in [0.1, 0.15) is 15.9 Å². The minimum atomic E-state index is -0.849. The molecule has 12 heteroatoms. The number of nitro groups is 1. The van der Waals surface area contributed by atoms with Gasteiger partial charge in [0.05, 0.1) is 4.92 Å². The zero-order valence-electron chi connectivity index (χ0n) is 17.2. The first-order chi connectivity index (χ1) is 15.7. The lowest BCUT2D eigenvalue weighted by Gasteiger charge is -2.09. The van der Waals surface area contributed by atoms with Crippen LogP contribution in [0.5, 0.6) is 5.75 Å². The lowest BCUT2D eigenvalue weighted by atomic mass is 10.1. The van der Waals surface area contributed by atoms with Crippen molar-refractivity contribution in [1.82, 2.24) is 10.9 Å². The van der Waals surface area contributed by atoms with Crippen LogP contribution >= 0.6 is 0 Å². The molecule has 170 valence electrons. The lowest BCUT2D eigenvalue weighted by molar-refractivity contribution is -0.384. The molecule has 1 aromatic heterocycles. The van der Waals surface area contributed by atoms with E-state index in [1.807, 2.05) is 5.43 Å². The monoisotopic (exact) mass is 455 g/mol. The summed E-state index contributed by atoms with van der Waals surface area (Å²) in [4.78, 5) is 56.9. The number of amides is 2. The number of hydrazine groups is 1. The number of non-ortho nitro benzene ring substituents is 1. The van der Waals surface area contributed by atoms with Crippen LogP contribution in [-0.2, 0) is 14.3 Å². The summed E-state index contributed by atoms with van der Waals surface area (Å²) >= 11 is 0. The quantitative estimate of drug-likeness (QED) is 0.231. The van der Waals surface area contributed by atoms with Crippen LogP contribution in [0.3, 0.4) is 0 Å². The van der Waals surface area contributed by atoms with Gasteiger partial charge in [0.25, 0.3) is 17.5 Å². The molecule has 0 aliphatic carbocycles. The molecule has 2 aromatic carbocycles. The van der Waals surface area contributed by atoms with Gasteiger partial charge in [0.15, 0.2) is 13.2 Å². The first-order valence-electron chi connectivity index (χ1n) is 9.39. The molecule has 0 fully saturated rings. The van der Waals surface area contributed by atoms with Gasteiger partial charge in [0.1, 0.15) is 11.3 Å². The van der Waals surface area contributed by atoms with Gasteiger partial charge in [-0.05, 0) is 36.8 Å². The number of aryl methyl sites for hydroxylation is 1. The molecule has 0 spiro atoms. The van der Waals surface area contributed by atoms with Crippen LogP contribution < -0.4 is 21.2 Å². The molecule has 2 N–H and O–H groups in total. The topological polar surface area (TPSA) is 167 Å². The SMILES string of the molecule is Cc1cc(=O)oc2cc(OCC(=O)OCC(=O)NNC(=O)c3ccc([N+](=O)[O-])cc3)ccc12. The Morgan fingerprint density at radius 2 is 1.76 bits per heavy atom. The summed E-state index contributed by atoms with van der Waals surface area (Å²) in [5.74, 6) is -2.13. The smallest absolute Gasteiger partial charge is 0.344 e. The molecule has 3 rings (SSSR count). The van der Waals surface area contributed by atoms with E-state index in [0.717, 1.165) is 23.1 Å². The summed E-state index contributed by atoms with van der Waals surface area (Å²) in [6, 6.07) is 10.8. The van der Waals surface area contributed by atoms with Crippen molar-refractivity contribution < 1.29 is 33.2 Å². The molecule has 0 aliphatic rings. The molecule has 0 unspecified atom stereocenters. The molecule has 3 aromatic rings. The first-order valence-corrected chi connectivity index (χ1v) is 9.39. The Bertz CT molecular complexity index is 1280. The number of esters is 1. The summed E-state index contributed by atoms with van der Waals surface area (Å²) in [5.41, 5.74) is 4.55. The van der Waals surface area contributed by atoms with Crippen LogP contribution in [0, 0.1) is 17.0 Å². The highest BCUT2D eigenvalue weighted by molar-refractivity contribution is 5.95. The van der Waals surface area contributed by atoms with Crippen molar-refractivity contribution in [3.05, 3.63) is 80.2 Å². The molecular weight excluding hydrogens is 438 g/mol. The van der Waals surface area contributed by atoms with Gasteiger partial charge in [-0.1, -0.05) is 0 Å². The van der Waals surface area contributed by atoms with Gasteiger partial charge in [-0.15, -0.1) is 0 Å². The Hall–Kier alpha value is -4.74. The van der Waals surface area contributed by atoms with Crippen molar-refractivity contribution >= 4 is 34.4 Å². The maximum atomic E-state index is 11.9. The summed E-state index contributed by atoms with van der Waals surface area (Å²) in [5, 5.41) is 11.3. The van der Waals surface area contributed by atoms with E-state index in [2.05, 4.69) is 5.43 Å². The number of hydrogen-bond donors (Lipinski definition) is 2. The Morgan fingerprint density at radius 3 is 2.45 bits per heavy atom. The molecule has 0 saturated heterocycles. The van der Waals surface area contributed by atoms with E-state index < -0.39 is 41.5 Å². The molecule has 2 amide bonds. The number of nitrogens with one attached hydrogen (secondary N) is 2. The molecule has 0 radical (unpaired) electrons. The fourth-order valence-electron chi connectivity index (χ4n) is 2.69. The minimum Gasteiger partial charge on any atom is -0.482 e. The summed E-state index contributed by atoms with van der Waals surface area (Å²) in [6.07, 6.45) is 0. The van der Waals surface area contributed by atoms with Crippen LogP contribution in [0.15, 0.2) is 57.7 Å². The van der Waals surface area contributed by atoms with Gasteiger partial charge < -0.3 is 13.9 Å². The Labute approximate surface area is 185 Å². The van der Waals surface area contributed by atoms with Gasteiger partial charge in [-0.25, -0.2) is 9.59 Å². The van der Waals surface area contributed by atoms with Gasteiger partial charge in [0, 0.05) is 35.2 Å². The van der Waals surface area contributed by atoms with Crippen LogP contribution in [-0.4, -0.2) is 35.9 Å². The van der Waals surface area contributed by atoms with Gasteiger partial charge >= 0.3 is 11.6 Å². The van der Waals surface area contributed by atoms with Gasteiger partial charge in [-0.2, -0.15) is 0 Å². The van der Waals surface area contributed by atoms with E-state index in [0.29, 0.717) is 5.58 Å². The molecule has 0 saturated carbocycles. The second-order valence-electron chi connectivity index (χ2n) is 6.66. The number of nitro benzene ring substituents is 1. The second kappa shape index (κ2) is 10.0. The minimum absolute atomic E-state index is 0.0766. The Morgan fingerprint density at radius 1 is 1.03 bits per heavy atom. The third kappa shape index (κ3) is 6.13. The predicted molar refractivity (Wildman–Crippen MR) is 112 cm³/mol. The highest BCUT2D eigenvalue weighted by Crippen LogP contribution is 2.22. The fourth-order valence-corrected chi connectivity index (χ4v) is 2.69. The van der Waals surface area contributed by atoms with E-state index >= 15 is 0 Å². The third-order valence-corrected chi connectivity index (χ3v) is 4.30. The van der Waals surface area contributed by atoms with Gasteiger partial charge in [0.2, 0.25) is 0 Å². The number of carbonyl (C=O) groups excluding carboxylic acids is 3. The average molecular weight is 455 g/mol. The molecule has 0 bridgehead atoms. The highest BCUT2D eigenvalue weighted by atomic mass is 16.6. The zero-order chi connectivity index (χ0) is 24.0. The standard InChI is InChI=1S/C21H17N3O9/c1-12-8-19(26)33-17-9-15(6-7-16(12)17)31-11-20(27)32-10-18(25)22-23-21(28)13-2-4-14(5-3-13)24(29)30/h2-9H,10-11H2,1H3,(H,22,25)(H,23,28). The van der Waals surface area contributed by atoms with E-state index in [4.69, 9.17) is 13.9 Å². The van der Waals surface area contributed by atoms with E-state index in [1.54, 1.807) is 19.1 Å². The van der Waals surface area contributed by atoms with Crippen LogP contribution in [0.2, 0.25) is 0 Å². The normalized spacial score (nSPS) is 10.3. The molecule has 33 heavy (non-hydrogen) atoms. The average Bonchev–Trinajstić information content (AvgIpc) is 2.79. The van der Waals surface area contributed by atoms with Gasteiger partial charge in [-0.3, -0.25) is 30.6 Å². The summed E-state index contributed by atoms with van der Waals surface area (Å²) in [6.45, 7) is 0.565. The number of nitrogens with zero attached hydrogens (tertiary/aromatic N) is 1. The number of hydrogen-bond acceptors (Lipinski definition) is 9. The van der Waals surface area contributed by atoms with Crippen molar-refractivity contribution in [2.45, 2.75) is 6.92 Å². The van der Waals surface area contributed by atoms with Crippen LogP contribution in [0.4, 0.5) is 5.69 Å². The lowest BCUT2D eigenvalue weighted by Crippen LogP contribution is -2.43. The maximum absolute atomic E-state index is 11.9. The number of carbonyl (C=O) groups is 3. The van der Waals surface area contributed by atoms with E-state index in [9.17, 15) is 29.3 Å². The Kier molecular flexibility index (Phi) is 6.98. The molecule has 0 aliphatic heterocycles. The van der Waals surface area contributed by atoms with E-state index in [-0.39, 0.29) is 17.0 Å². The number of fused-ring (bicyclic) bond motifs is 1. The zero-order valence-corrected chi connectivity index (χ0v) is 17.2. The largest absolute Gasteiger partial charge is 0.482 e. The fraction of sp³-hybridized carbons (Fsp3) is 0.143. The maximum Gasteiger partial charge on any atom is 0.344 e. The van der Waals surface area contributed by atoms with Crippen molar-refractivity contribution in [3.63, 3.8) is 0 Å². The highest BCUT2D eigenvalue weighted by Gasteiger charge is 2.13. The van der Waals surface area contributed by atoms with Crippen molar-refractivity contribution in [2.24, 2.45) is 0 Å². The van der Waals surface area contributed by atoms with Crippen molar-refractivity contribution in [1.29, 1.82) is 0 Å². The summed E-state index contributed by atoms with van der Waals surface area (Å²) < 4.78 is 15.1. The Balaban J connectivity index is 1.42. The van der Waals surface area contributed by atoms with E-state index in [1.165, 1.54) is 24.3 Å². The van der Waals surface area contributed by atoms with Crippen molar-refractivity contribution in [3.8, 4) is 5.75 Å². The predicted octanol–water partition coefficient (Wildman–Crippen LogP) is 1.39. The number of benzene rings is 2. The molecule has 0 atom stereocenters. The van der Waals surface area contributed by atoms with Crippen LogP contribution in [0.25, 0.3) is 11.0 Å². The van der Waals surface area contributed by atoms with Crippen molar-refractivity contribution in [2.75, 3.05) is 13.2 Å². The second-order valence-corrected chi connectivity index (χ2v) is 6.66. The number of ether oxygens (including phenoxy) is 2. The first kappa shape index (κ1) is 22.9. The summed E-state index contributed by atoms with van der Waals surface area (Å²) in [7, 11) is 0. The number of rotatable bonds is 7. The third-order valence-electron chi connectivity index (χ3n) is 4.30. The molecular formula is C21H17N3O9. The molecule has 12 nitrogen and oxygen atoms in total. The molecule has 1 heterocycles.